The summed E-state index contributed by atoms with van der Waals surface area (Å²) in [4.78, 5) is 8.88. The second kappa shape index (κ2) is 8.42. The van der Waals surface area contributed by atoms with Crippen molar-refractivity contribution in [2.45, 2.75) is 0 Å². The second-order valence-corrected chi connectivity index (χ2v) is 5.83. The molecule has 1 N–H and O–H groups in total. The smallest absolute Gasteiger partial charge is 0.172 e. The minimum absolute atomic E-state index is 0.520. The Kier molecular flexibility index (Phi) is 5.77. The van der Waals surface area contributed by atoms with Crippen LogP contribution in [0.2, 0.25) is 10.0 Å². The highest BCUT2D eigenvalue weighted by Crippen LogP contribution is 2.22. The van der Waals surface area contributed by atoms with Crippen LogP contribution in [0.5, 0.6) is 0 Å². The molecule has 3 aromatic rings. The highest BCUT2D eigenvalue weighted by Gasteiger charge is 2.05. The summed E-state index contributed by atoms with van der Waals surface area (Å²) in [7, 11) is 0. The van der Waals surface area contributed by atoms with Crippen molar-refractivity contribution in [3.8, 4) is 0 Å². The Labute approximate surface area is 155 Å². The van der Waals surface area contributed by atoms with Gasteiger partial charge < -0.3 is 0 Å². The number of nitrogens with one attached hydrogen (secondary N) is 1. The number of aromatic nitrogens is 1. The van der Waals surface area contributed by atoms with E-state index in [0.717, 1.165) is 5.69 Å². The number of aliphatic imine (C=N–C) groups is 1. The number of nitrogens with zero attached hydrogens (tertiary/aromatic N) is 3. The molecule has 0 spiro atoms. The zero-order valence-electron chi connectivity index (χ0n) is 13.1. The van der Waals surface area contributed by atoms with Crippen LogP contribution in [0.3, 0.4) is 0 Å². The summed E-state index contributed by atoms with van der Waals surface area (Å²) in [5.74, 6) is 0.520. The van der Waals surface area contributed by atoms with Gasteiger partial charge in [0.2, 0.25) is 0 Å². The number of hydrazone groups is 1. The van der Waals surface area contributed by atoms with Gasteiger partial charge in [-0.05, 0) is 36.4 Å². The zero-order chi connectivity index (χ0) is 17.5. The Hall–Kier alpha value is -2.69. The van der Waals surface area contributed by atoms with Gasteiger partial charge in [-0.2, -0.15) is 5.10 Å². The number of rotatable bonds is 4. The third kappa shape index (κ3) is 4.66. The number of halogens is 2. The van der Waals surface area contributed by atoms with E-state index >= 15 is 0 Å². The maximum atomic E-state index is 6.15. The van der Waals surface area contributed by atoms with Crippen molar-refractivity contribution in [2.75, 3.05) is 0 Å². The van der Waals surface area contributed by atoms with Crippen LogP contribution in [-0.4, -0.2) is 17.0 Å². The lowest BCUT2D eigenvalue weighted by Gasteiger charge is -2.06. The first-order chi connectivity index (χ1) is 12.2. The van der Waals surface area contributed by atoms with Gasteiger partial charge in [0, 0.05) is 11.8 Å². The van der Waals surface area contributed by atoms with Crippen LogP contribution in [0.1, 0.15) is 11.3 Å². The van der Waals surface area contributed by atoms with E-state index in [2.05, 4.69) is 20.5 Å². The molecule has 0 unspecified atom stereocenters. The Morgan fingerprint density at radius 1 is 0.880 bits per heavy atom. The van der Waals surface area contributed by atoms with Crippen molar-refractivity contribution in [1.82, 2.24) is 10.4 Å². The summed E-state index contributed by atoms with van der Waals surface area (Å²) in [6.07, 6.45) is 3.26. The molecule has 0 saturated carbocycles. The average Bonchev–Trinajstić information content (AvgIpc) is 2.65. The van der Waals surface area contributed by atoms with E-state index < -0.39 is 0 Å². The van der Waals surface area contributed by atoms with Gasteiger partial charge in [-0.15, -0.1) is 0 Å². The van der Waals surface area contributed by atoms with E-state index in [-0.39, 0.29) is 0 Å². The molecule has 124 valence electrons. The molecule has 0 saturated heterocycles. The standard InChI is InChI=1S/C19H14Cl2N4/c20-16-9-6-10-17(21)15(16)13-23-25-19(18-11-4-5-12-22-18)24-14-7-2-1-3-8-14/h1-13H,(H,24,25)/b23-13+. The first-order valence-electron chi connectivity index (χ1n) is 7.52. The molecule has 1 heterocycles. The first kappa shape index (κ1) is 17.1. The van der Waals surface area contributed by atoms with Gasteiger partial charge in [-0.1, -0.05) is 53.5 Å². The van der Waals surface area contributed by atoms with Crippen LogP contribution in [0.25, 0.3) is 0 Å². The fraction of sp³-hybridized carbons (Fsp3) is 0. The molecule has 3 rings (SSSR count). The zero-order valence-corrected chi connectivity index (χ0v) is 14.6. The monoisotopic (exact) mass is 368 g/mol. The van der Waals surface area contributed by atoms with Crippen LogP contribution >= 0.6 is 23.2 Å². The quantitative estimate of drug-likeness (QED) is 0.396. The van der Waals surface area contributed by atoms with Crippen molar-refractivity contribution < 1.29 is 0 Å². The summed E-state index contributed by atoms with van der Waals surface area (Å²) < 4.78 is 0. The van der Waals surface area contributed by atoms with Gasteiger partial charge in [0.05, 0.1) is 21.9 Å². The van der Waals surface area contributed by atoms with E-state index in [9.17, 15) is 0 Å². The molecule has 0 aliphatic rings. The summed E-state index contributed by atoms with van der Waals surface area (Å²) >= 11 is 12.3. The van der Waals surface area contributed by atoms with E-state index in [1.807, 2.05) is 48.5 Å². The Morgan fingerprint density at radius 3 is 2.28 bits per heavy atom. The maximum Gasteiger partial charge on any atom is 0.172 e. The highest BCUT2D eigenvalue weighted by atomic mass is 35.5. The van der Waals surface area contributed by atoms with Gasteiger partial charge in [-0.25, -0.2) is 4.99 Å². The molecule has 1 aromatic heterocycles. The van der Waals surface area contributed by atoms with Crippen molar-refractivity contribution in [1.29, 1.82) is 0 Å². The van der Waals surface area contributed by atoms with Crippen LogP contribution in [-0.2, 0) is 0 Å². The van der Waals surface area contributed by atoms with Gasteiger partial charge in [0.1, 0.15) is 5.69 Å². The van der Waals surface area contributed by atoms with Crippen molar-refractivity contribution in [3.63, 3.8) is 0 Å². The topological polar surface area (TPSA) is 49.6 Å². The van der Waals surface area contributed by atoms with E-state index in [1.165, 1.54) is 0 Å². The maximum absolute atomic E-state index is 6.15. The van der Waals surface area contributed by atoms with E-state index in [0.29, 0.717) is 27.1 Å². The molecular weight excluding hydrogens is 355 g/mol. The average molecular weight is 369 g/mol. The molecule has 0 aliphatic carbocycles. The summed E-state index contributed by atoms with van der Waals surface area (Å²) in [5.41, 5.74) is 5.03. The van der Waals surface area contributed by atoms with Gasteiger partial charge in [-0.3, -0.25) is 10.4 Å². The lowest BCUT2D eigenvalue weighted by Crippen LogP contribution is -2.20. The van der Waals surface area contributed by atoms with Crippen LogP contribution in [0.4, 0.5) is 5.69 Å². The molecule has 0 aliphatic heterocycles. The van der Waals surface area contributed by atoms with Crippen LogP contribution in [0, 0.1) is 0 Å². The molecule has 2 aromatic carbocycles. The second-order valence-electron chi connectivity index (χ2n) is 5.02. The molecule has 0 amide bonds. The number of hydrogen-bond donors (Lipinski definition) is 1. The van der Waals surface area contributed by atoms with Crippen LogP contribution in [0.15, 0.2) is 83.0 Å². The summed E-state index contributed by atoms with van der Waals surface area (Å²) in [6, 6.07) is 20.5. The van der Waals surface area contributed by atoms with Crippen molar-refractivity contribution >= 4 is 40.9 Å². The summed E-state index contributed by atoms with van der Waals surface area (Å²) in [6.45, 7) is 0. The molecular formula is C19H14Cl2N4. The van der Waals surface area contributed by atoms with Gasteiger partial charge in [0.25, 0.3) is 0 Å². The number of pyridine rings is 1. The van der Waals surface area contributed by atoms with Gasteiger partial charge in [0.15, 0.2) is 5.84 Å². The Morgan fingerprint density at radius 2 is 1.60 bits per heavy atom. The minimum atomic E-state index is 0.520. The Balaban J connectivity index is 1.89. The molecule has 6 heteroatoms. The van der Waals surface area contributed by atoms with Crippen LogP contribution < -0.4 is 5.43 Å². The Bertz CT molecular complexity index is 874. The van der Waals surface area contributed by atoms with E-state index in [4.69, 9.17) is 23.2 Å². The summed E-state index contributed by atoms with van der Waals surface area (Å²) in [5, 5.41) is 5.27. The molecule has 0 fully saturated rings. The minimum Gasteiger partial charge on any atom is -0.260 e. The fourth-order valence-electron chi connectivity index (χ4n) is 2.07. The molecule has 0 bridgehead atoms. The predicted octanol–water partition coefficient (Wildman–Crippen LogP) is 5.09. The number of benzene rings is 2. The molecule has 4 nitrogen and oxygen atoms in total. The highest BCUT2D eigenvalue weighted by molar-refractivity contribution is 6.38. The van der Waals surface area contributed by atoms with Crippen molar-refractivity contribution in [3.05, 3.63) is 94.2 Å². The van der Waals surface area contributed by atoms with Gasteiger partial charge >= 0.3 is 0 Å². The third-order valence-electron chi connectivity index (χ3n) is 3.27. The predicted molar refractivity (Wildman–Crippen MR) is 104 cm³/mol. The van der Waals surface area contributed by atoms with Crippen molar-refractivity contribution in [2.24, 2.45) is 10.1 Å². The first-order valence-corrected chi connectivity index (χ1v) is 8.28. The largest absolute Gasteiger partial charge is 0.260 e. The lowest BCUT2D eigenvalue weighted by molar-refractivity contribution is 1.02. The third-order valence-corrected chi connectivity index (χ3v) is 3.93. The normalized spacial score (nSPS) is 11.7. The number of amidine groups is 1. The van der Waals surface area contributed by atoms with E-state index in [1.54, 1.807) is 30.6 Å². The molecule has 0 radical (unpaired) electrons. The SMILES string of the molecule is Clc1cccc(Cl)c1/C=N/NC(=Nc1ccccc1)c1ccccn1. The fourth-order valence-corrected chi connectivity index (χ4v) is 2.56. The number of para-hydroxylation sites is 1. The lowest BCUT2D eigenvalue weighted by atomic mass is 10.2. The number of hydrogen-bond acceptors (Lipinski definition) is 3. The molecule has 0 atom stereocenters. The molecule has 25 heavy (non-hydrogen) atoms.